The number of benzene rings is 8. The predicted molar refractivity (Wildman–Crippen MR) is 207 cm³/mol. The quantitative estimate of drug-likeness (QED) is 0.182. The third-order valence-electron chi connectivity index (χ3n) is 9.36. The maximum absolute atomic E-state index is 5.12. The van der Waals surface area contributed by atoms with E-state index in [1.54, 1.807) is 0 Å². The van der Waals surface area contributed by atoms with Gasteiger partial charge >= 0.3 is 0 Å². The summed E-state index contributed by atoms with van der Waals surface area (Å²) in [6.07, 6.45) is 0. The van der Waals surface area contributed by atoms with Gasteiger partial charge in [-0.1, -0.05) is 176 Å². The molecule has 0 aliphatic carbocycles. The molecule has 0 amide bonds. The van der Waals surface area contributed by atoms with Gasteiger partial charge in [-0.15, -0.1) is 0 Å². The minimum Gasteiger partial charge on any atom is -0.208 e. The molecule has 0 aliphatic heterocycles. The Balaban J connectivity index is 1.12. The van der Waals surface area contributed by atoms with Crippen LogP contribution in [-0.2, 0) is 0 Å². The van der Waals surface area contributed by atoms with Crippen molar-refractivity contribution >= 4 is 21.5 Å². The number of hydrogen-bond acceptors (Lipinski definition) is 3. The van der Waals surface area contributed by atoms with Gasteiger partial charge in [0.05, 0.1) is 0 Å². The first-order chi connectivity index (χ1) is 24.8. The van der Waals surface area contributed by atoms with Crippen LogP contribution in [0.5, 0.6) is 0 Å². The van der Waals surface area contributed by atoms with Crippen LogP contribution in [0.25, 0.3) is 89.1 Å². The van der Waals surface area contributed by atoms with Crippen molar-refractivity contribution in [3.63, 3.8) is 0 Å². The lowest BCUT2D eigenvalue weighted by Crippen LogP contribution is -2.00. The molecule has 0 saturated heterocycles. The number of rotatable bonds is 6. The van der Waals surface area contributed by atoms with Crippen LogP contribution >= 0.6 is 0 Å². The Morgan fingerprint density at radius 2 is 0.640 bits per heavy atom. The van der Waals surface area contributed by atoms with Crippen LogP contribution < -0.4 is 0 Å². The Kier molecular flexibility index (Phi) is 7.49. The van der Waals surface area contributed by atoms with Gasteiger partial charge in [0.25, 0.3) is 0 Å². The second-order valence-corrected chi connectivity index (χ2v) is 12.5. The van der Waals surface area contributed by atoms with Crippen LogP contribution in [0.15, 0.2) is 188 Å². The van der Waals surface area contributed by atoms with Crippen molar-refractivity contribution in [2.75, 3.05) is 0 Å². The lowest BCUT2D eigenvalue weighted by molar-refractivity contribution is 1.08. The van der Waals surface area contributed by atoms with Gasteiger partial charge in [0.1, 0.15) is 0 Å². The summed E-state index contributed by atoms with van der Waals surface area (Å²) < 4.78 is 0. The highest BCUT2D eigenvalue weighted by Crippen LogP contribution is 2.37. The summed E-state index contributed by atoms with van der Waals surface area (Å²) in [6.45, 7) is 0. The fourth-order valence-electron chi connectivity index (χ4n) is 6.74. The summed E-state index contributed by atoms with van der Waals surface area (Å²) in [5.74, 6) is 1.94. The van der Waals surface area contributed by atoms with Crippen molar-refractivity contribution < 1.29 is 0 Å². The molecule has 0 radical (unpaired) electrons. The summed E-state index contributed by atoms with van der Waals surface area (Å²) in [6, 6.07) is 65.9. The molecule has 50 heavy (non-hydrogen) atoms. The van der Waals surface area contributed by atoms with Crippen LogP contribution in [0.3, 0.4) is 0 Å². The molecule has 234 valence electrons. The van der Waals surface area contributed by atoms with E-state index in [2.05, 4.69) is 152 Å². The minimum atomic E-state index is 0.641. The lowest BCUT2D eigenvalue weighted by atomic mass is 9.93. The molecule has 0 fully saturated rings. The summed E-state index contributed by atoms with van der Waals surface area (Å²) in [5, 5.41) is 4.72. The van der Waals surface area contributed by atoms with E-state index >= 15 is 0 Å². The summed E-state index contributed by atoms with van der Waals surface area (Å²) in [5.41, 5.74) is 9.94. The van der Waals surface area contributed by atoms with Gasteiger partial charge < -0.3 is 0 Å². The molecule has 0 N–H and O–H groups in total. The standard InChI is InChI=1S/C47H31N3/c1-3-11-32(12-4-1)34-19-21-35(22-20-34)36-23-26-38(27-24-36)46-48-45(37-14-5-2-6-15-37)49-47(50-46)44-30-29-41(42-17-9-10-18-43(42)44)40-28-25-33-13-7-8-16-39(33)31-40/h1-31H. The van der Waals surface area contributed by atoms with Gasteiger partial charge in [-0.3, -0.25) is 0 Å². The molecule has 1 aromatic heterocycles. The highest BCUT2D eigenvalue weighted by molar-refractivity contribution is 6.05. The van der Waals surface area contributed by atoms with Gasteiger partial charge in [-0.25, -0.2) is 15.0 Å². The molecular formula is C47H31N3. The van der Waals surface area contributed by atoms with E-state index < -0.39 is 0 Å². The zero-order chi connectivity index (χ0) is 33.3. The Bertz CT molecular complexity index is 2610. The summed E-state index contributed by atoms with van der Waals surface area (Å²) >= 11 is 0. The molecule has 9 aromatic rings. The number of nitrogens with zero attached hydrogens (tertiary/aromatic N) is 3. The zero-order valence-electron chi connectivity index (χ0n) is 27.2. The van der Waals surface area contributed by atoms with Crippen LogP contribution in [0.4, 0.5) is 0 Å². The van der Waals surface area contributed by atoms with Gasteiger partial charge in [-0.2, -0.15) is 0 Å². The topological polar surface area (TPSA) is 38.7 Å². The van der Waals surface area contributed by atoms with Gasteiger partial charge in [-0.05, 0) is 67.1 Å². The number of fused-ring (bicyclic) bond motifs is 2. The van der Waals surface area contributed by atoms with E-state index in [-0.39, 0.29) is 0 Å². The number of aromatic nitrogens is 3. The third-order valence-corrected chi connectivity index (χ3v) is 9.36. The monoisotopic (exact) mass is 637 g/mol. The summed E-state index contributed by atoms with van der Waals surface area (Å²) in [4.78, 5) is 15.2. The largest absolute Gasteiger partial charge is 0.208 e. The second-order valence-electron chi connectivity index (χ2n) is 12.5. The molecule has 0 atom stereocenters. The molecular weight excluding hydrogens is 607 g/mol. The molecule has 9 rings (SSSR count). The van der Waals surface area contributed by atoms with Crippen LogP contribution in [-0.4, -0.2) is 15.0 Å². The van der Waals surface area contributed by atoms with E-state index in [4.69, 9.17) is 15.0 Å². The highest BCUT2D eigenvalue weighted by Gasteiger charge is 2.16. The van der Waals surface area contributed by atoms with E-state index in [1.165, 1.54) is 33.0 Å². The average Bonchev–Trinajstić information content (AvgIpc) is 3.21. The maximum Gasteiger partial charge on any atom is 0.164 e. The molecule has 3 heteroatoms. The number of hydrogen-bond donors (Lipinski definition) is 0. The Hall–Kier alpha value is -6.71. The van der Waals surface area contributed by atoms with Crippen molar-refractivity contribution in [3.05, 3.63) is 188 Å². The average molecular weight is 638 g/mol. The Labute approximate surface area is 291 Å². The fourth-order valence-corrected chi connectivity index (χ4v) is 6.74. The maximum atomic E-state index is 5.12. The zero-order valence-corrected chi connectivity index (χ0v) is 27.2. The minimum absolute atomic E-state index is 0.641. The fraction of sp³-hybridized carbons (Fsp3) is 0. The van der Waals surface area contributed by atoms with Crippen molar-refractivity contribution in [2.24, 2.45) is 0 Å². The molecule has 1 heterocycles. The Morgan fingerprint density at radius 3 is 1.26 bits per heavy atom. The molecule has 8 aromatic carbocycles. The van der Waals surface area contributed by atoms with E-state index in [0.29, 0.717) is 17.5 Å². The first-order valence-corrected chi connectivity index (χ1v) is 16.9. The van der Waals surface area contributed by atoms with E-state index in [0.717, 1.165) is 38.6 Å². The van der Waals surface area contributed by atoms with E-state index in [9.17, 15) is 0 Å². The van der Waals surface area contributed by atoms with Crippen molar-refractivity contribution in [1.29, 1.82) is 0 Å². The second kappa shape index (κ2) is 12.7. The molecule has 3 nitrogen and oxygen atoms in total. The molecule has 0 spiro atoms. The van der Waals surface area contributed by atoms with Crippen molar-refractivity contribution in [2.45, 2.75) is 0 Å². The molecule has 0 bridgehead atoms. The van der Waals surface area contributed by atoms with Gasteiger partial charge in [0.15, 0.2) is 17.5 Å². The Morgan fingerprint density at radius 1 is 0.240 bits per heavy atom. The van der Waals surface area contributed by atoms with Crippen LogP contribution in [0.1, 0.15) is 0 Å². The first kappa shape index (κ1) is 29.4. The molecule has 0 aliphatic rings. The highest BCUT2D eigenvalue weighted by atomic mass is 15.0. The van der Waals surface area contributed by atoms with Gasteiger partial charge in [0, 0.05) is 16.7 Å². The lowest BCUT2D eigenvalue weighted by Gasteiger charge is -2.13. The van der Waals surface area contributed by atoms with Crippen molar-refractivity contribution in [1.82, 2.24) is 15.0 Å². The van der Waals surface area contributed by atoms with Crippen LogP contribution in [0.2, 0.25) is 0 Å². The normalized spacial score (nSPS) is 11.2. The smallest absolute Gasteiger partial charge is 0.164 e. The van der Waals surface area contributed by atoms with Crippen molar-refractivity contribution in [3.8, 4) is 67.5 Å². The first-order valence-electron chi connectivity index (χ1n) is 16.9. The van der Waals surface area contributed by atoms with Crippen LogP contribution in [0, 0.1) is 0 Å². The van der Waals surface area contributed by atoms with Gasteiger partial charge in [0.2, 0.25) is 0 Å². The van der Waals surface area contributed by atoms with E-state index in [1.807, 2.05) is 36.4 Å². The SMILES string of the molecule is c1ccc(-c2ccc(-c3ccc(-c4nc(-c5ccccc5)nc(-c5ccc(-c6ccc7ccccc7c6)c6ccccc56)n4)cc3)cc2)cc1. The predicted octanol–water partition coefficient (Wildman–Crippen LogP) is 12.2. The summed E-state index contributed by atoms with van der Waals surface area (Å²) in [7, 11) is 0. The molecule has 0 unspecified atom stereocenters. The third kappa shape index (κ3) is 5.61. The molecule has 0 saturated carbocycles.